The highest BCUT2D eigenvalue weighted by Gasteiger charge is 2.28. The molecule has 1 saturated carbocycles. The topological polar surface area (TPSA) is 0 Å². The molecule has 0 saturated heterocycles. The molecule has 0 atom stereocenters. The summed E-state index contributed by atoms with van der Waals surface area (Å²) in [4.78, 5) is 0. The van der Waals surface area contributed by atoms with Gasteiger partial charge in [0.15, 0.2) is 0 Å². The Morgan fingerprint density at radius 2 is 1.57 bits per heavy atom. The monoisotopic (exact) mass is 250 g/mol. The Morgan fingerprint density at radius 1 is 1.00 bits per heavy atom. The van der Waals surface area contributed by atoms with Gasteiger partial charge in [-0.1, -0.05) is 61.6 Å². The maximum atomic E-state index is 2.44. The van der Waals surface area contributed by atoms with Crippen LogP contribution in [0.25, 0.3) is 0 Å². The van der Waals surface area contributed by atoms with Gasteiger partial charge in [-0.05, 0) is 29.6 Å². The van der Waals surface area contributed by atoms with Crippen LogP contribution in [0, 0.1) is 0 Å². The fraction of sp³-hybridized carbons (Fsp3) is 1.00. The fourth-order valence-electron chi connectivity index (χ4n) is 1.58. The normalized spacial score (nSPS) is 22.3. The van der Waals surface area contributed by atoms with Crippen LogP contribution in [0.3, 0.4) is 0 Å². The highest BCUT2D eigenvalue weighted by Crippen LogP contribution is 2.52. The molecule has 3 heteroatoms. The standard InChI is InChI=1S/C11H22S3/c1-10(2,3)12-14-13-11(4)8-6-5-7-9-11/h5-9H2,1-4H3. The van der Waals surface area contributed by atoms with Crippen LogP contribution in [0.4, 0.5) is 0 Å². The molecule has 0 spiro atoms. The molecule has 1 aliphatic carbocycles. The van der Waals surface area contributed by atoms with Crippen molar-refractivity contribution in [1.82, 2.24) is 0 Å². The summed E-state index contributed by atoms with van der Waals surface area (Å²) in [5.41, 5.74) is 0. The van der Waals surface area contributed by atoms with E-state index in [0.717, 1.165) is 0 Å². The Kier molecular flexibility index (Phi) is 5.06. The van der Waals surface area contributed by atoms with E-state index in [-0.39, 0.29) is 0 Å². The third kappa shape index (κ3) is 5.22. The van der Waals surface area contributed by atoms with Crippen LogP contribution < -0.4 is 0 Å². The molecule has 1 rings (SSSR count). The Hall–Kier alpha value is 1.05. The predicted molar refractivity (Wildman–Crippen MR) is 74.0 cm³/mol. The minimum atomic E-state index is 0.392. The van der Waals surface area contributed by atoms with Gasteiger partial charge in [0.2, 0.25) is 0 Å². The summed E-state index contributed by atoms with van der Waals surface area (Å²) in [6.07, 6.45) is 7.15. The lowest BCUT2D eigenvalue weighted by atomic mass is 9.90. The minimum Gasteiger partial charge on any atom is -0.0766 e. The van der Waals surface area contributed by atoms with E-state index in [2.05, 4.69) is 38.5 Å². The average Bonchev–Trinajstić information content (AvgIpc) is 2.02. The Labute approximate surface area is 101 Å². The first-order valence-corrected chi connectivity index (χ1v) is 8.93. The van der Waals surface area contributed by atoms with Gasteiger partial charge in [0.1, 0.15) is 0 Å². The van der Waals surface area contributed by atoms with Gasteiger partial charge in [-0.3, -0.25) is 0 Å². The van der Waals surface area contributed by atoms with Gasteiger partial charge in [0.25, 0.3) is 0 Å². The van der Waals surface area contributed by atoms with Crippen molar-refractivity contribution < 1.29 is 0 Å². The summed E-state index contributed by atoms with van der Waals surface area (Å²) in [5.74, 6) is 0. The molecule has 0 nitrogen and oxygen atoms in total. The smallest absolute Gasteiger partial charge is 0.0243 e. The van der Waals surface area contributed by atoms with E-state index in [0.29, 0.717) is 9.49 Å². The molecule has 0 aliphatic heterocycles. The molecule has 0 N–H and O–H groups in total. The molecule has 14 heavy (non-hydrogen) atoms. The van der Waals surface area contributed by atoms with Gasteiger partial charge < -0.3 is 0 Å². The lowest BCUT2D eigenvalue weighted by Crippen LogP contribution is -2.22. The van der Waals surface area contributed by atoms with Gasteiger partial charge in [0, 0.05) is 9.49 Å². The second kappa shape index (κ2) is 5.40. The van der Waals surface area contributed by atoms with Crippen molar-refractivity contribution in [3.05, 3.63) is 0 Å². The zero-order valence-electron chi connectivity index (χ0n) is 9.76. The molecular formula is C11H22S3. The van der Waals surface area contributed by atoms with Gasteiger partial charge in [-0.2, -0.15) is 0 Å². The first-order valence-electron chi connectivity index (χ1n) is 5.45. The Bertz CT molecular complexity index is 166. The number of rotatable bonds is 3. The van der Waals surface area contributed by atoms with Crippen molar-refractivity contribution in [2.24, 2.45) is 0 Å². The van der Waals surface area contributed by atoms with Crippen molar-refractivity contribution in [2.45, 2.75) is 69.3 Å². The quantitative estimate of drug-likeness (QED) is 0.604. The summed E-state index contributed by atoms with van der Waals surface area (Å²) < 4.78 is 0.948. The van der Waals surface area contributed by atoms with E-state index < -0.39 is 0 Å². The molecule has 0 unspecified atom stereocenters. The van der Waals surface area contributed by atoms with E-state index in [1.807, 2.05) is 20.6 Å². The number of hydrogen-bond acceptors (Lipinski definition) is 3. The van der Waals surface area contributed by atoms with Gasteiger partial charge >= 0.3 is 0 Å². The first-order chi connectivity index (χ1) is 6.41. The van der Waals surface area contributed by atoms with Gasteiger partial charge in [0.05, 0.1) is 0 Å². The van der Waals surface area contributed by atoms with Crippen LogP contribution in [-0.2, 0) is 0 Å². The number of hydrogen-bond donors (Lipinski definition) is 0. The molecule has 1 aliphatic rings. The van der Waals surface area contributed by atoms with Crippen LogP contribution >= 0.6 is 31.4 Å². The Morgan fingerprint density at radius 3 is 2.07 bits per heavy atom. The van der Waals surface area contributed by atoms with Crippen LogP contribution in [0.1, 0.15) is 59.8 Å². The summed E-state index contributed by atoms with van der Waals surface area (Å²) in [7, 11) is 6.11. The predicted octanol–water partition coefficient (Wildman–Crippen LogP) is 5.54. The van der Waals surface area contributed by atoms with E-state index in [9.17, 15) is 0 Å². The maximum absolute atomic E-state index is 2.44. The summed E-state index contributed by atoms with van der Waals surface area (Å²) in [6.45, 7) is 9.30. The molecule has 0 heterocycles. The first kappa shape index (κ1) is 13.1. The molecule has 0 amide bonds. The molecule has 0 aromatic heterocycles. The fourth-order valence-corrected chi connectivity index (χ4v) is 7.77. The summed E-state index contributed by atoms with van der Waals surface area (Å²) in [6, 6.07) is 0. The lowest BCUT2D eigenvalue weighted by Gasteiger charge is -2.32. The molecule has 0 aromatic carbocycles. The van der Waals surface area contributed by atoms with Crippen LogP contribution in [0.2, 0.25) is 0 Å². The second-order valence-electron chi connectivity index (χ2n) is 5.36. The van der Waals surface area contributed by atoms with Crippen molar-refractivity contribution in [3.63, 3.8) is 0 Å². The van der Waals surface area contributed by atoms with Crippen molar-refractivity contribution in [1.29, 1.82) is 0 Å². The molecule has 0 bridgehead atoms. The summed E-state index contributed by atoms with van der Waals surface area (Å²) >= 11 is 0. The zero-order chi connectivity index (χ0) is 10.7. The molecule has 84 valence electrons. The third-order valence-corrected chi connectivity index (χ3v) is 8.22. The third-order valence-electron chi connectivity index (χ3n) is 2.43. The molecule has 0 aromatic rings. The molecule has 0 radical (unpaired) electrons. The van der Waals surface area contributed by atoms with E-state index in [1.165, 1.54) is 32.1 Å². The second-order valence-corrected chi connectivity index (χ2v) is 10.7. The van der Waals surface area contributed by atoms with Crippen LogP contribution in [-0.4, -0.2) is 9.49 Å². The maximum Gasteiger partial charge on any atom is 0.0243 e. The Balaban J connectivity index is 2.22. The highest BCUT2D eigenvalue weighted by atomic mass is 33.5. The van der Waals surface area contributed by atoms with Crippen molar-refractivity contribution in [3.8, 4) is 0 Å². The average molecular weight is 250 g/mol. The highest BCUT2D eigenvalue weighted by molar-refractivity contribution is 9.09. The molecule has 1 fully saturated rings. The van der Waals surface area contributed by atoms with Crippen LogP contribution in [0.15, 0.2) is 0 Å². The van der Waals surface area contributed by atoms with Crippen molar-refractivity contribution in [2.75, 3.05) is 0 Å². The largest absolute Gasteiger partial charge is 0.0766 e. The van der Waals surface area contributed by atoms with E-state index in [1.54, 1.807) is 0 Å². The lowest BCUT2D eigenvalue weighted by molar-refractivity contribution is 0.424. The SMILES string of the molecule is CC(C)(C)SSSC1(C)CCCCC1. The van der Waals surface area contributed by atoms with Gasteiger partial charge in [-0.15, -0.1) is 0 Å². The van der Waals surface area contributed by atoms with E-state index >= 15 is 0 Å². The minimum absolute atomic E-state index is 0.392. The van der Waals surface area contributed by atoms with Crippen molar-refractivity contribution >= 4 is 31.4 Å². The summed E-state index contributed by atoms with van der Waals surface area (Å²) in [5, 5.41) is 0. The van der Waals surface area contributed by atoms with Crippen LogP contribution in [0.5, 0.6) is 0 Å². The molecular weight excluding hydrogens is 228 g/mol. The zero-order valence-corrected chi connectivity index (χ0v) is 12.2. The van der Waals surface area contributed by atoms with Gasteiger partial charge in [-0.25, -0.2) is 0 Å². The van der Waals surface area contributed by atoms with E-state index in [4.69, 9.17) is 0 Å².